The van der Waals surface area contributed by atoms with E-state index in [-0.39, 0.29) is 11.4 Å². The summed E-state index contributed by atoms with van der Waals surface area (Å²) in [6.45, 7) is 6.52. The second-order valence-electron chi connectivity index (χ2n) is 5.51. The minimum Gasteiger partial charge on any atom is -0.497 e. The van der Waals surface area contributed by atoms with Crippen LogP contribution in [0.3, 0.4) is 0 Å². The summed E-state index contributed by atoms with van der Waals surface area (Å²) in [5.74, 6) is 0.376. The van der Waals surface area contributed by atoms with Crippen LogP contribution in [-0.2, 0) is 14.6 Å². The van der Waals surface area contributed by atoms with E-state index in [2.05, 4.69) is 11.5 Å². The highest BCUT2D eigenvalue weighted by molar-refractivity contribution is 6.09. The van der Waals surface area contributed by atoms with Crippen LogP contribution in [0.15, 0.2) is 60.7 Å². The van der Waals surface area contributed by atoms with Gasteiger partial charge in [-0.15, -0.1) is 4.89 Å². The molecule has 0 saturated carbocycles. The highest BCUT2D eigenvalue weighted by atomic mass is 17.2. The SMILES string of the molecule is C=C(C)C(=O)OOC(C)Oc1ccc(C(=O)c2ccc(OC)cc2)cc1. The van der Waals surface area contributed by atoms with E-state index in [1.807, 2.05) is 0 Å². The number of ether oxygens (including phenoxy) is 2. The van der Waals surface area contributed by atoms with E-state index in [9.17, 15) is 9.59 Å². The molecular weight excluding hydrogens is 336 g/mol. The third kappa shape index (κ3) is 5.19. The number of hydrogen-bond acceptors (Lipinski definition) is 6. The van der Waals surface area contributed by atoms with Gasteiger partial charge in [0.05, 0.1) is 7.11 Å². The largest absolute Gasteiger partial charge is 0.497 e. The first-order valence-corrected chi connectivity index (χ1v) is 7.89. The second kappa shape index (κ2) is 8.82. The van der Waals surface area contributed by atoms with Gasteiger partial charge in [-0.2, -0.15) is 0 Å². The number of hydrogen-bond donors (Lipinski definition) is 0. The highest BCUT2D eigenvalue weighted by Gasteiger charge is 2.12. The number of ketones is 1. The summed E-state index contributed by atoms with van der Waals surface area (Å²) in [7, 11) is 1.57. The van der Waals surface area contributed by atoms with Crippen molar-refractivity contribution in [2.75, 3.05) is 7.11 Å². The van der Waals surface area contributed by atoms with Crippen molar-refractivity contribution in [2.24, 2.45) is 0 Å². The lowest BCUT2D eigenvalue weighted by molar-refractivity contribution is -0.327. The number of methoxy groups -OCH3 is 1. The summed E-state index contributed by atoms with van der Waals surface area (Å²) in [5, 5.41) is 0. The zero-order valence-corrected chi connectivity index (χ0v) is 14.9. The van der Waals surface area contributed by atoms with Crippen molar-refractivity contribution in [2.45, 2.75) is 20.1 Å². The van der Waals surface area contributed by atoms with Crippen LogP contribution in [0, 0.1) is 0 Å². The van der Waals surface area contributed by atoms with E-state index in [0.29, 0.717) is 22.6 Å². The van der Waals surface area contributed by atoms with Gasteiger partial charge >= 0.3 is 5.97 Å². The minimum atomic E-state index is -0.818. The summed E-state index contributed by atoms with van der Waals surface area (Å²) in [4.78, 5) is 33.1. The molecule has 6 nitrogen and oxygen atoms in total. The molecule has 0 spiro atoms. The second-order valence-corrected chi connectivity index (χ2v) is 5.51. The molecule has 6 heteroatoms. The quantitative estimate of drug-likeness (QED) is 0.236. The summed E-state index contributed by atoms with van der Waals surface area (Å²) in [6.07, 6.45) is -0.818. The van der Waals surface area contributed by atoms with Gasteiger partial charge in [-0.25, -0.2) is 4.79 Å². The summed E-state index contributed by atoms with van der Waals surface area (Å²) >= 11 is 0. The van der Waals surface area contributed by atoms with Gasteiger partial charge < -0.3 is 9.47 Å². The van der Waals surface area contributed by atoms with Crippen LogP contribution < -0.4 is 9.47 Å². The number of carbonyl (C=O) groups is 2. The van der Waals surface area contributed by atoms with Crippen LogP contribution in [-0.4, -0.2) is 25.2 Å². The molecule has 0 bridgehead atoms. The molecule has 0 aliphatic carbocycles. The molecule has 2 rings (SSSR count). The van der Waals surface area contributed by atoms with Crippen molar-refractivity contribution in [3.8, 4) is 11.5 Å². The Bertz CT molecular complexity index is 777. The average Bonchev–Trinajstić information content (AvgIpc) is 2.66. The van der Waals surface area contributed by atoms with Crippen molar-refractivity contribution in [1.82, 2.24) is 0 Å². The van der Waals surface area contributed by atoms with Gasteiger partial charge in [0.2, 0.25) is 6.29 Å². The smallest absolute Gasteiger partial charge is 0.368 e. The molecule has 0 heterocycles. The average molecular weight is 356 g/mol. The standard InChI is InChI=1S/C20H20O6/c1-13(2)20(22)26-25-14(3)24-18-11-7-16(8-12-18)19(21)15-5-9-17(23-4)10-6-15/h5-12,14H,1H2,2-4H3. The van der Waals surface area contributed by atoms with Gasteiger partial charge in [0.25, 0.3) is 0 Å². The lowest BCUT2D eigenvalue weighted by Crippen LogP contribution is -2.19. The van der Waals surface area contributed by atoms with Crippen molar-refractivity contribution in [3.05, 3.63) is 71.8 Å². The number of benzene rings is 2. The normalized spacial score (nSPS) is 11.3. The van der Waals surface area contributed by atoms with E-state index in [0.717, 1.165) is 0 Å². The molecule has 1 atom stereocenters. The van der Waals surface area contributed by atoms with Gasteiger partial charge in [0.15, 0.2) is 5.78 Å². The molecule has 136 valence electrons. The molecular formula is C20H20O6. The summed E-state index contributed by atoms with van der Waals surface area (Å²) in [5.41, 5.74) is 1.30. The molecule has 0 aliphatic heterocycles. The first-order valence-electron chi connectivity index (χ1n) is 7.89. The molecule has 26 heavy (non-hydrogen) atoms. The van der Waals surface area contributed by atoms with E-state index in [1.165, 1.54) is 6.92 Å². The van der Waals surface area contributed by atoms with Crippen LogP contribution in [0.5, 0.6) is 11.5 Å². The van der Waals surface area contributed by atoms with Crippen LogP contribution in [0.1, 0.15) is 29.8 Å². The van der Waals surface area contributed by atoms with Gasteiger partial charge in [0, 0.05) is 23.6 Å². The van der Waals surface area contributed by atoms with Crippen molar-refractivity contribution in [1.29, 1.82) is 0 Å². The fraction of sp³-hybridized carbons (Fsp3) is 0.200. The molecule has 1 unspecified atom stereocenters. The molecule has 0 fully saturated rings. The molecule has 0 aliphatic rings. The van der Waals surface area contributed by atoms with E-state index >= 15 is 0 Å². The predicted molar refractivity (Wildman–Crippen MR) is 94.9 cm³/mol. The van der Waals surface area contributed by atoms with E-state index in [1.54, 1.807) is 62.6 Å². The third-order valence-corrected chi connectivity index (χ3v) is 3.38. The Hall–Kier alpha value is -3.12. The van der Waals surface area contributed by atoms with Crippen LogP contribution >= 0.6 is 0 Å². The van der Waals surface area contributed by atoms with Gasteiger partial charge in [0.1, 0.15) is 11.5 Å². The molecule has 2 aromatic rings. The topological polar surface area (TPSA) is 71.1 Å². The zero-order valence-electron chi connectivity index (χ0n) is 14.9. The Kier molecular flexibility index (Phi) is 6.52. The van der Waals surface area contributed by atoms with Gasteiger partial charge in [-0.05, 0) is 55.5 Å². The first kappa shape index (κ1) is 19.2. The molecule has 0 radical (unpaired) electrons. The Balaban J connectivity index is 1.95. The first-order chi connectivity index (χ1) is 12.4. The van der Waals surface area contributed by atoms with Crippen molar-refractivity contribution >= 4 is 11.8 Å². The van der Waals surface area contributed by atoms with Crippen molar-refractivity contribution < 1.29 is 28.8 Å². The monoisotopic (exact) mass is 356 g/mol. The van der Waals surface area contributed by atoms with Gasteiger partial charge in [-0.3, -0.25) is 9.68 Å². The van der Waals surface area contributed by atoms with Crippen LogP contribution in [0.25, 0.3) is 0 Å². The third-order valence-electron chi connectivity index (χ3n) is 3.38. The Labute approximate surface area is 151 Å². The maximum atomic E-state index is 12.4. The maximum absolute atomic E-state index is 12.4. The lowest BCUT2D eigenvalue weighted by Gasteiger charge is -2.14. The van der Waals surface area contributed by atoms with E-state index in [4.69, 9.17) is 14.4 Å². The lowest BCUT2D eigenvalue weighted by atomic mass is 10.0. The molecule has 0 amide bonds. The molecule has 0 saturated heterocycles. The molecule has 2 aromatic carbocycles. The number of rotatable bonds is 8. The maximum Gasteiger partial charge on any atom is 0.368 e. The Morgan fingerprint density at radius 3 is 1.88 bits per heavy atom. The van der Waals surface area contributed by atoms with Crippen LogP contribution in [0.4, 0.5) is 0 Å². The fourth-order valence-corrected chi connectivity index (χ4v) is 1.99. The Morgan fingerprint density at radius 1 is 0.923 bits per heavy atom. The Morgan fingerprint density at radius 2 is 1.42 bits per heavy atom. The van der Waals surface area contributed by atoms with Crippen molar-refractivity contribution in [3.63, 3.8) is 0 Å². The molecule has 0 N–H and O–H groups in total. The summed E-state index contributed by atoms with van der Waals surface area (Å²) in [6, 6.07) is 13.4. The highest BCUT2D eigenvalue weighted by Crippen LogP contribution is 2.19. The summed E-state index contributed by atoms with van der Waals surface area (Å²) < 4.78 is 10.5. The number of carbonyl (C=O) groups excluding carboxylic acids is 2. The fourth-order valence-electron chi connectivity index (χ4n) is 1.99. The van der Waals surface area contributed by atoms with Gasteiger partial charge in [-0.1, -0.05) is 6.58 Å². The van der Waals surface area contributed by atoms with E-state index < -0.39 is 12.3 Å². The van der Waals surface area contributed by atoms with Crippen LogP contribution in [0.2, 0.25) is 0 Å². The zero-order chi connectivity index (χ0) is 19.1. The molecule has 0 aromatic heterocycles. The predicted octanol–water partition coefficient (Wildman–Crippen LogP) is 3.70. The minimum absolute atomic E-state index is 0.112.